The molecule has 0 amide bonds. The van der Waals surface area contributed by atoms with Gasteiger partial charge in [-0.1, -0.05) is 48.5 Å². The van der Waals surface area contributed by atoms with Crippen molar-refractivity contribution in [2.75, 3.05) is 4.90 Å². The number of hydrogen-bond donors (Lipinski definition) is 0. The Morgan fingerprint density at radius 3 is 1.77 bits per heavy atom. The summed E-state index contributed by atoms with van der Waals surface area (Å²) in [7, 11) is 0. The summed E-state index contributed by atoms with van der Waals surface area (Å²) in [5.41, 5.74) is 4.18. The zero-order chi connectivity index (χ0) is 20.9. The van der Waals surface area contributed by atoms with Crippen LogP contribution in [-0.4, -0.2) is 0 Å². The Kier molecular flexibility index (Phi) is 5.24. The van der Waals surface area contributed by atoms with Gasteiger partial charge in [0.25, 0.3) is 0 Å². The summed E-state index contributed by atoms with van der Waals surface area (Å²) in [6, 6.07) is 32.7. The van der Waals surface area contributed by atoms with Crippen molar-refractivity contribution < 1.29 is 4.39 Å². The second kappa shape index (κ2) is 8.31. The van der Waals surface area contributed by atoms with Crippen molar-refractivity contribution in [3.05, 3.63) is 120 Å². The minimum Gasteiger partial charge on any atom is -0.311 e. The van der Waals surface area contributed by atoms with Gasteiger partial charge >= 0.3 is 0 Å². The highest BCUT2D eigenvalue weighted by Gasteiger charge is 2.14. The fourth-order valence-electron chi connectivity index (χ4n) is 3.34. The average Bonchev–Trinajstić information content (AvgIpc) is 2.81. The number of nitriles is 1. The molecule has 0 N–H and O–H groups in total. The van der Waals surface area contributed by atoms with Crippen LogP contribution in [0.5, 0.6) is 0 Å². The largest absolute Gasteiger partial charge is 0.311 e. The lowest BCUT2D eigenvalue weighted by molar-refractivity contribution is 0.630. The van der Waals surface area contributed by atoms with Gasteiger partial charge in [0.2, 0.25) is 5.69 Å². The van der Waals surface area contributed by atoms with E-state index in [0.717, 1.165) is 22.6 Å². The molecule has 0 aromatic heterocycles. The van der Waals surface area contributed by atoms with Gasteiger partial charge in [-0.05, 0) is 59.7 Å². The van der Waals surface area contributed by atoms with Gasteiger partial charge in [-0.25, -0.2) is 9.24 Å². The molecule has 0 heterocycles. The molecule has 0 atom stereocenters. The van der Waals surface area contributed by atoms with E-state index in [1.807, 2.05) is 91.0 Å². The zero-order valence-electron chi connectivity index (χ0n) is 16.0. The third-order valence-electron chi connectivity index (χ3n) is 4.78. The molecule has 3 nitrogen and oxygen atoms in total. The quantitative estimate of drug-likeness (QED) is 0.341. The van der Waals surface area contributed by atoms with Crippen molar-refractivity contribution in [3.63, 3.8) is 0 Å². The number of hydrogen-bond acceptors (Lipinski definition) is 2. The second-order valence-corrected chi connectivity index (χ2v) is 6.63. The summed E-state index contributed by atoms with van der Waals surface area (Å²) in [5.74, 6) is -0.771. The molecule has 0 saturated carbocycles. The molecule has 0 fully saturated rings. The molecule has 4 rings (SSSR count). The molecule has 142 valence electrons. The highest BCUT2D eigenvalue weighted by molar-refractivity contribution is 5.79. The molecule has 0 aliphatic carbocycles. The van der Waals surface area contributed by atoms with E-state index in [4.69, 9.17) is 6.57 Å². The molecular weight excluding hydrogens is 373 g/mol. The molecule has 0 saturated heterocycles. The molecule has 4 aromatic rings. The highest BCUT2D eigenvalue weighted by Crippen LogP contribution is 2.36. The number of rotatable bonds is 4. The first kappa shape index (κ1) is 18.9. The van der Waals surface area contributed by atoms with E-state index in [1.165, 1.54) is 12.1 Å². The van der Waals surface area contributed by atoms with E-state index < -0.39 is 5.82 Å². The van der Waals surface area contributed by atoms with Gasteiger partial charge in [0, 0.05) is 17.1 Å². The maximum Gasteiger partial charge on any atom is 0.224 e. The van der Waals surface area contributed by atoms with E-state index >= 15 is 0 Å². The minimum atomic E-state index is -0.771. The summed E-state index contributed by atoms with van der Waals surface area (Å²) in [5, 5.41) is 9.18. The van der Waals surface area contributed by atoms with Gasteiger partial charge < -0.3 is 4.90 Å². The van der Waals surface area contributed by atoms with Crippen LogP contribution in [0.4, 0.5) is 27.1 Å². The molecule has 4 aromatic carbocycles. The molecule has 0 aliphatic rings. The van der Waals surface area contributed by atoms with Gasteiger partial charge in [0.1, 0.15) is 11.9 Å². The van der Waals surface area contributed by atoms with E-state index in [1.54, 1.807) is 0 Å². The normalized spacial score (nSPS) is 10.1. The van der Waals surface area contributed by atoms with E-state index in [0.29, 0.717) is 5.56 Å². The van der Waals surface area contributed by atoms with Gasteiger partial charge in [-0.2, -0.15) is 5.26 Å². The van der Waals surface area contributed by atoms with Gasteiger partial charge in [-0.3, -0.25) is 0 Å². The van der Waals surface area contributed by atoms with Crippen LogP contribution in [0.15, 0.2) is 97.1 Å². The smallest absolute Gasteiger partial charge is 0.224 e. The van der Waals surface area contributed by atoms with Gasteiger partial charge in [0.15, 0.2) is 0 Å². The van der Waals surface area contributed by atoms with E-state index in [-0.39, 0.29) is 11.3 Å². The lowest BCUT2D eigenvalue weighted by atomic mass is 10.0. The van der Waals surface area contributed by atoms with Crippen LogP contribution in [0.25, 0.3) is 16.0 Å². The standard InChI is InChI=1S/C26H16FN3/c1-29-25-17-20(16-21(18-28)26(25)27)19-12-14-24(15-13-19)30(22-8-4-2-5-9-22)23-10-6-3-7-11-23/h2-17H. The number of para-hydroxylation sites is 2. The Labute approximate surface area is 174 Å². The Morgan fingerprint density at radius 2 is 1.27 bits per heavy atom. The van der Waals surface area contributed by atoms with Gasteiger partial charge in [-0.15, -0.1) is 0 Å². The predicted molar refractivity (Wildman–Crippen MR) is 117 cm³/mol. The van der Waals surface area contributed by atoms with Crippen LogP contribution in [0.2, 0.25) is 0 Å². The summed E-state index contributed by atoms with van der Waals surface area (Å²) in [6.45, 7) is 7.17. The SMILES string of the molecule is [C-]#[N+]c1cc(-c2ccc(N(c3ccccc3)c3ccccc3)cc2)cc(C#N)c1F. The van der Waals surface area contributed by atoms with Crippen molar-refractivity contribution in [2.24, 2.45) is 0 Å². The molecule has 0 spiro atoms. The van der Waals surface area contributed by atoms with Crippen molar-refractivity contribution >= 4 is 22.7 Å². The topological polar surface area (TPSA) is 31.4 Å². The second-order valence-electron chi connectivity index (χ2n) is 6.63. The Hall–Kier alpha value is -4.41. The van der Waals surface area contributed by atoms with Crippen LogP contribution in [0, 0.1) is 23.7 Å². The molecule has 30 heavy (non-hydrogen) atoms. The Morgan fingerprint density at radius 1 is 0.733 bits per heavy atom. The highest BCUT2D eigenvalue weighted by atomic mass is 19.1. The van der Waals surface area contributed by atoms with Crippen LogP contribution in [0.1, 0.15) is 5.56 Å². The lowest BCUT2D eigenvalue weighted by Gasteiger charge is -2.25. The van der Waals surface area contributed by atoms with E-state index in [9.17, 15) is 9.65 Å². The molecular formula is C26H16FN3. The van der Waals surface area contributed by atoms with Crippen LogP contribution in [-0.2, 0) is 0 Å². The Bertz CT molecular complexity index is 1180. The monoisotopic (exact) mass is 389 g/mol. The summed E-state index contributed by atoms with van der Waals surface area (Å²) in [4.78, 5) is 5.34. The van der Waals surface area contributed by atoms with Crippen molar-refractivity contribution in [2.45, 2.75) is 0 Å². The Balaban J connectivity index is 1.77. The van der Waals surface area contributed by atoms with Crippen molar-refractivity contribution in [3.8, 4) is 17.2 Å². The van der Waals surface area contributed by atoms with Crippen LogP contribution in [0.3, 0.4) is 0 Å². The molecule has 0 radical (unpaired) electrons. The fraction of sp³-hybridized carbons (Fsp3) is 0. The molecule has 0 bridgehead atoms. The van der Waals surface area contributed by atoms with Crippen LogP contribution < -0.4 is 4.90 Å². The first-order valence-electron chi connectivity index (χ1n) is 9.33. The van der Waals surface area contributed by atoms with E-state index in [2.05, 4.69) is 9.74 Å². The molecule has 0 aliphatic heterocycles. The van der Waals surface area contributed by atoms with Crippen LogP contribution >= 0.6 is 0 Å². The lowest BCUT2D eigenvalue weighted by Crippen LogP contribution is -2.09. The maximum atomic E-state index is 14.1. The fourth-order valence-corrected chi connectivity index (χ4v) is 3.34. The number of benzene rings is 4. The van der Waals surface area contributed by atoms with Crippen molar-refractivity contribution in [1.82, 2.24) is 0 Å². The summed E-state index contributed by atoms with van der Waals surface area (Å²) >= 11 is 0. The predicted octanol–water partition coefficient (Wildman–Crippen LogP) is 7.38. The molecule has 0 unspecified atom stereocenters. The average molecular weight is 389 g/mol. The third kappa shape index (κ3) is 3.63. The number of nitrogens with zero attached hydrogens (tertiary/aromatic N) is 3. The first-order chi connectivity index (χ1) is 14.7. The minimum absolute atomic E-state index is 0.127. The maximum absolute atomic E-state index is 14.1. The number of anilines is 3. The first-order valence-corrected chi connectivity index (χ1v) is 9.33. The third-order valence-corrected chi connectivity index (χ3v) is 4.78. The number of halogens is 1. The zero-order valence-corrected chi connectivity index (χ0v) is 16.0. The summed E-state index contributed by atoms with van der Waals surface area (Å²) in [6.07, 6.45) is 0. The van der Waals surface area contributed by atoms with Crippen molar-refractivity contribution in [1.29, 1.82) is 5.26 Å². The van der Waals surface area contributed by atoms with Gasteiger partial charge in [0.05, 0.1) is 12.1 Å². The summed E-state index contributed by atoms with van der Waals surface area (Å²) < 4.78 is 14.1. The molecule has 4 heteroatoms.